The SMILES string of the molecule is Cc1cc(Br)cc(NC(=O)C2COCC2N)c1. The molecule has 3 N–H and O–H groups in total. The first-order valence-corrected chi connectivity index (χ1v) is 6.27. The summed E-state index contributed by atoms with van der Waals surface area (Å²) in [6.07, 6.45) is 0. The molecule has 1 aromatic carbocycles. The van der Waals surface area contributed by atoms with Crippen LogP contribution in [0.15, 0.2) is 22.7 Å². The molecule has 1 saturated heterocycles. The Bertz CT molecular complexity index is 416. The molecular formula is C12H15BrN2O2. The van der Waals surface area contributed by atoms with Gasteiger partial charge in [-0.15, -0.1) is 0 Å². The van der Waals surface area contributed by atoms with Gasteiger partial charge < -0.3 is 15.8 Å². The standard InChI is InChI=1S/C12H15BrN2O2/c1-7-2-8(13)4-9(3-7)15-12(16)10-5-17-6-11(10)14/h2-4,10-11H,5-6,14H2,1H3,(H,15,16). The van der Waals surface area contributed by atoms with Gasteiger partial charge in [0.2, 0.25) is 5.91 Å². The second-order valence-corrected chi connectivity index (χ2v) is 5.23. The number of hydrogen-bond acceptors (Lipinski definition) is 3. The minimum Gasteiger partial charge on any atom is -0.379 e. The molecule has 0 saturated carbocycles. The summed E-state index contributed by atoms with van der Waals surface area (Å²) in [5.41, 5.74) is 7.66. The van der Waals surface area contributed by atoms with Crippen molar-refractivity contribution in [2.24, 2.45) is 11.7 Å². The Morgan fingerprint density at radius 2 is 2.24 bits per heavy atom. The largest absolute Gasteiger partial charge is 0.379 e. The summed E-state index contributed by atoms with van der Waals surface area (Å²) in [6, 6.07) is 5.57. The lowest BCUT2D eigenvalue weighted by Gasteiger charge is -2.13. The van der Waals surface area contributed by atoms with E-state index in [9.17, 15) is 4.79 Å². The van der Waals surface area contributed by atoms with E-state index in [0.29, 0.717) is 13.2 Å². The van der Waals surface area contributed by atoms with Crippen molar-refractivity contribution in [3.05, 3.63) is 28.2 Å². The summed E-state index contributed by atoms with van der Waals surface area (Å²) in [6.45, 7) is 2.83. The van der Waals surface area contributed by atoms with Crippen LogP contribution in [0.1, 0.15) is 5.56 Å². The number of halogens is 1. The monoisotopic (exact) mass is 298 g/mol. The van der Waals surface area contributed by atoms with Crippen LogP contribution >= 0.6 is 15.9 Å². The molecule has 17 heavy (non-hydrogen) atoms. The highest BCUT2D eigenvalue weighted by Crippen LogP contribution is 2.21. The molecule has 0 bridgehead atoms. The molecule has 1 aromatic rings. The van der Waals surface area contributed by atoms with Crippen molar-refractivity contribution < 1.29 is 9.53 Å². The van der Waals surface area contributed by atoms with E-state index in [1.807, 2.05) is 25.1 Å². The average Bonchev–Trinajstić information content (AvgIpc) is 2.62. The van der Waals surface area contributed by atoms with Crippen molar-refractivity contribution in [2.45, 2.75) is 13.0 Å². The maximum absolute atomic E-state index is 12.0. The summed E-state index contributed by atoms with van der Waals surface area (Å²) in [4.78, 5) is 12.0. The van der Waals surface area contributed by atoms with Gasteiger partial charge in [-0.2, -0.15) is 0 Å². The highest BCUT2D eigenvalue weighted by atomic mass is 79.9. The molecule has 0 radical (unpaired) electrons. The molecule has 1 amide bonds. The highest BCUT2D eigenvalue weighted by Gasteiger charge is 2.31. The summed E-state index contributed by atoms with van der Waals surface area (Å²) >= 11 is 3.40. The number of benzene rings is 1. The first-order valence-electron chi connectivity index (χ1n) is 5.47. The number of carbonyl (C=O) groups is 1. The van der Waals surface area contributed by atoms with Crippen molar-refractivity contribution in [2.75, 3.05) is 18.5 Å². The fraction of sp³-hybridized carbons (Fsp3) is 0.417. The molecule has 0 spiro atoms. The smallest absolute Gasteiger partial charge is 0.231 e. The van der Waals surface area contributed by atoms with E-state index in [1.165, 1.54) is 0 Å². The number of anilines is 1. The van der Waals surface area contributed by atoms with Crippen molar-refractivity contribution in [3.63, 3.8) is 0 Å². The topological polar surface area (TPSA) is 64.3 Å². The normalized spacial score (nSPS) is 23.7. The van der Waals surface area contributed by atoms with Crippen LogP contribution in [-0.4, -0.2) is 25.2 Å². The lowest BCUT2D eigenvalue weighted by atomic mass is 10.0. The van der Waals surface area contributed by atoms with Gasteiger partial charge in [0.05, 0.1) is 19.1 Å². The Balaban J connectivity index is 2.07. The van der Waals surface area contributed by atoms with Crippen molar-refractivity contribution in [3.8, 4) is 0 Å². The maximum Gasteiger partial charge on any atom is 0.231 e. The van der Waals surface area contributed by atoms with Crippen LogP contribution in [-0.2, 0) is 9.53 Å². The van der Waals surface area contributed by atoms with E-state index in [0.717, 1.165) is 15.7 Å². The van der Waals surface area contributed by atoms with Gasteiger partial charge in [0.25, 0.3) is 0 Å². The van der Waals surface area contributed by atoms with Crippen molar-refractivity contribution >= 4 is 27.5 Å². The Morgan fingerprint density at radius 1 is 1.47 bits per heavy atom. The molecule has 1 heterocycles. The molecule has 1 aliphatic heterocycles. The number of nitrogens with two attached hydrogens (primary N) is 1. The van der Waals surface area contributed by atoms with Gasteiger partial charge in [-0.25, -0.2) is 0 Å². The molecule has 1 aliphatic rings. The number of carbonyl (C=O) groups excluding carboxylic acids is 1. The van der Waals surface area contributed by atoms with Gasteiger partial charge in [-0.05, 0) is 30.7 Å². The molecule has 2 rings (SSSR count). The minimum atomic E-state index is -0.255. The molecule has 0 aliphatic carbocycles. The van der Waals surface area contributed by atoms with E-state index in [1.54, 1.807) is 0 Å². The fourth-order valence-electron chi connectivity index (χ4n) is 1.88. The molecule has 92 valence electrons. The lowest BCUT2D eigenvalue weighted by Crippen LogP contribution is -2.37. The van der Waals surface area contributed by atoms with Crippen LogP contribution in [0.5, 0.6) is 0 Å². The summed E-state index contributed by atoms with van der Waals surface area (Å²) in [5, 5.41) is 2.87. The van der Waals surface area contributed by atoms with Gasteiger partial charge in [-0.1, -0.05) is 15.9 Å². The van der Waals surface area contributed by atoms with E-state index in [-0.39, 0.29) is 17.9 Å². The third-order valence-corrected chi connectivity index (χ3v) is 3.23. The fourth-order valence-corrected chi connectivity index (χ4v) is 2.49. The first kappa shape index (κ1) is 12.5. The Morgan fingerprint density at radius 3 is 2.82 bits per heavy atom. The number of amides is 1. The Hall–Kier alpha value is -0.910. The zero-order valence-electron chi connectivity index (χ0n) is 9.57. The van der Waals surface area contributed by atoms with Crippen LogP contribution in [0.4, 0.5) is 5.69 Å². The first-order chi connectivity index (χ1) is 8.06. The van der Waals surface area contributed by atoms with E-state index < -0.39 is 0 Å². The molecule has 5 heteroatoms. The number of nitrogens with one attached hydrogen (secondary N) is 1. The summed E-state index contributed by atoms with van der Waals surface area (Å²) < 4.78 is 6.12. The number of rotatable bonds is 2. The Kier molecular flexibility index (Phi) is 3.81. The van der Waals surface area contributed by atoms with Crippen LogP contribution in [0, 0.1) is 12.8 Å². The number of ether oxygens (including phenoxy) is 1. The highest BCUT2D eigenvalue weighted by molar-refractivity contribution is 9.10. The van der Waals surface area contributed by atoms with E-state index in [4.69, 9.17) is 10.5 Å². The second-order valence-electron chi connectivity index (χ2n) is 4.31. The van der Waals surface area contributed by atoms with E-state index >= 15 is 0 Å². The van der Waals surface area contributed by atoms with Crippen LogP contribution in [0.3, 0.4) is 0 Å². The zero-order valence-corrected chi connectivity index (χ0v) is 11.2. The van der Waals surface area contributed by atoms with Gasteiger partial charge in [0.1, 0.15) is 0 Å². The number of hydrogen-bond donors (Lipinski definition) is 2. The van der Waals surface area contributed by atoms with Crippen LogP contribution in [0.2, 0.25) is 0 Å². The average molecular weight is 299 g/mol. The number of aryl methyl sites for hydroxylation is 1. The zero-order chi connectivity index (χ0) is 12.4. The summed E-state index contributed by atoms with van der Waals surface area (Å²) in [7, 11) is 0. The maximum atomic E-state index is 12.0. The minimum absolute atomic E-state index is 0.0764. The third kappa shape index (κ3) is 3.06. The third-order valence-electron chi connectivity index (χ3n) is 2.77. The van der Waals surface area contributed by atoms with Crippen molar-refractivity contribution in [1.29, 1.82) is 0 Å². The summed E-state index contributed by atoms with van der Waals surface area (Å²) in [5.74, 6) is -0.332. The van der Waals surface area contributed by atoms with Crippen molar-refractivity contribution in [1.82, 2.24) is 0 Å². The van der Waals surface area contributed by atoms with E-state index in [2.05, 4.69) is 21.2 Å². The molecule has 0 aromatic heterocycles. The molecule has 2 unspecified atom stereocenters. The molecule has 1 fully saturated rings. The van der Waals surface area contributed by atoms with Gasteiger partial charge >= 0.3 is 0 Å². The van der Waals surface area contributed by atoms with Crippen LogP contribution < -0.4 is 11.1 Å². The predicted octanol–water partition coefficient (Wildman–Crippen LogP) is 1.67. The van der Waals surface area contributed by atoms with Gasteiger partial charge in [0, 0.05) is 16.2 Å². The molecule has 2 atom stereocenters. The predicted molar refractivity (Wildman–Crippen MR) is 69.8 cm³/mol. The second kappa shape index (κ2) is 5.16. The lowest BCUT2D eigenvalue weighted by molar-refractivity contribution is -0.120. The molecule has 4 nitrogen and oxygen atoms in total. The van der Waals surface area contributed by atoms with Gasteiger partial charge in [-0.3, -0.25) is 4.79 Å². The quantitative estimate of drug-likeness (QED) is 0.873. The molecular weight excluding hydrogens is 284 g/mol. The van der Waals surface area contributed by atoms with Gasteiger partial charge in [0.15, 0.2) is 0 Å². The Labute approximate surface area is 109 Å². The van der Waals surface area contributed by atoms with Crippen LogP contribution in [0.25, 0.3) is 0 Å².